The molecule has 2 rings (SSSR count). The standard InChI is InChI=1S/C11H12F3NO.ClH/c12-11(13,14)7-16-10-2-1-9-6-15-4-3-8(9)5-10;/h1-2,5,15H,3-4,6-7H2;1H. The molecule has 0 bridgehead atoms. The molecular formula is C11H13ClF3NO. The highest BCUT2D eigenvalue weighted by Gasteiger charge is 2.28. The number of ether oxygens (including phenoxy) is 1. The van der Waals surface area contributed by atoms with Crippen LogP contribution in [0.15, 0.2) is 18.2 Å². The average molecular weight is 268 g/mol. The quantitative estimate of drug-likeness (QED) is 0.890. The van der Waals surface area contributed by atoms with E-state index in [1.54, 1.807) is 12.1 Å². The van der Waals surface area contributed by atoms with Crippen LogP contribution in [0.3, 0.4) is 0 Å². The molecule has 1 aromatic carbocycles. The van der Waals surface area contributed by atoms with E-state index in [1.807, 2.05) is 6.07 Å². The molecule has 1 aromatic rings. The molecule has 0 aliphatic carbocycles. The van der Waals surface area contributed by atoms with Crippen molar-refractivity contribution in [2.75, 3.05) is 13.2 Å². The van der Waals surface area contributed by atoms with Crippen molar-refractivity contribution in [3.05, 3.63) is 29.3 Å². The predicted octanol–water partition coefficient (Wildman–Crippen LogP) is 2.70. The molecule has 0 saturated carbocycles. The van der Waals surface area contributed by atoms with Gasteiger partial charge in [0.05, 0.1) is 0 Å². The van der Waals surface area contributed by atoms with Crippen LogP contribution in [0.5, 0.6) is 5.75 Å². The van der Waals surface area contributed by atoms with Crippen molar-refractivity contribution >= 4 is 12.4 Å². The first-order valence-electron chi connectivity index (χ1n) is 5.07. The zero-order valence-electron chi connectivity index (χ0n) is 9.01. The van der Waals surface area contributed by atoms with Crippen molar-refractivity contribution in [3.63, 3.8) is 0 Å². The smallest absolute Gasteiger partial charge is 0.422 e. The van der Waals surface area contributed by atoms with Crippen molar-refractivity contribution in [1.29, 1.82) is 0 Å². The minimum Gasteiger partial charge on any atom is -0.484 e. The molecular weight excluding hydrogens is 255 g/mol. The van der Waals surface area contributed by atoms with Crippen LogP contribution in [0.25, 0.3) is 0 Å². The summed E-state index contributed by atoms with van der Waals surface area (Å²) in [5, 5.41) is 3.20. The first-order valence-corrected chi connectivity index (χ1v) is 5.07. The summed E-state index contributed by atoms with van der Waals surface area (Å²) in [4.78, 5) is 0. The van der Waals surface area contributed by atoms with Gasteiger partial charge in [-0.1, -0.05) is 6.07 Å². The summed E-state index contributed by atoms with van der Waals surface area (Å²) in [6, 6.07) is 5.09. The van der Waals surface area contributed by atoms with Gasteiger partial charge < -0.3 is 10.1 Å². The van der Waals surface area contributed by atoms with E-state index >= 15 is 0 Å². The fourth-order valence-corrected chi connectivity index (χ4v) is 1.71. The third kappa shape index (κ3) is 4.09. The Morgan fingerprint density at radius 3 is 2.71 bits per heavy atom. The number of halogens is 4. The molecule has 6 heteroatoms. The largest absolute Gasteiger partial charge is 0.484 e. The topological polar surface area (TPSA) is 21.3 Å². The van der Waals surface area contributed by atoms with E-state index in [-0.39, 0.29) is 18.2 Å². The van der Waals surface area contributed by atoms with E-state index in [2.05, 4.69) is 5.32 Å². The zero-order valence-corrected chi connectivity index (χ0v) is 9.83. The van der Waals surface area contributed by atoms with Crippen molar-refractivity contribution in [1.82, 2.24) is 5.32 Å². The number of fused-ring (bicyclic) bond motifs is 1. The summed E-state index contributed by atoms with van der Waals surface area (Å²) in [6.45, 7) is 0.397. The fraction of sp³-hybridized carbons (Fsp3) is 0.455. The lowest BCUT2D eigenvalue weighted by atomic mass is 10.0. The van der Waals surface area contributed by atoms with Crippen LogP contribution in [0.1, 0.15) is 11.1 Å². The minimum atomic E-state index is -4.28. The number of hydrogen-bond donors (Lipinski definition) is 1. The van der Waals surface area contributed by atoms with Crippen LogP contribution < -0.4 is 10.1 Å². The maximum Gasteiger partial charge on any atom is 0.422 e. The van der Waals surface area contributed by atoms with Gasteiger partial charge in [0.15, 0.2) is 6.61 Å². The van der Waals surface area contributed by atoms with Crippen molar-refractivity contribution in [3.8, 4) is 5.75 Å². The second kappa shape index (κ2) is 5.60. The molecule has 1 aliphatic heterocycles. The number of hydrogen-bond acceptors (Lipinski definition) is 2. The lowest BCUT2D eigenvalue weighted by molar-refractivity contribution is -0.153. The second-order valence-electron chi connectivity index (χ2n) is 3.76. The molecule has 1 N–H and O–H groups in total. The van der Waals surface area contributed by atoms with E-state index < -0.39 is 12.8 Å². The Morgan fingerprint density at radius 1 is 1.24 bits per heavy atom. The molecule has 0 amide bonds. The summed E-state index contributed by atoms with van der Waals surface area (Å²) in [7, 11) is 0. The zero-order chi connectivity index (χ0) is 11.6. The lowest BCUT2D eigenvalue weighted by Gasteiger charge is -2.18. The van der Waals surface area contributed by atoms with E-state index in [0.717, 1.165) is 30.6 Å². The molecule has 0 spiro atoms. The molecule has 0 aromatic heterocycles. The van der Waals surface area contributed by atoms with Gasteiger partial charge in [0, 0.05) is 6.54 Å². The second-order valence-corrected chi connectivity index (χ2v) is 3.76. The highest BCUT2D eigenvalue weighted by Crippen LogP contribution is 2.23. The Bertz CT molecular complexity index is 381. The maximum atomic E-state index is 11.9. The summed E-state index contributed by atoms with van der Waals surface area (Å²) < 4.78 is 40.5. The first-order chi connectivity index (χ1) is 7.54. The fourth-order valence-electron chi connectivity index (χ4n) is 1.71. The highest BCUT2D eigenvalue weighted by molar-refractivity contribution is 5.85. The van der Waals surface area contributed by atoms with Gasteiger partial charge >= 0.3 is 6.18 Å². The number of rotatable bonds is 2. The minimum absolute atomic E-state index is 0. The van der Waals surface area contributed by atoms with E-state index in [9.17, 15) is 13.2 Å². The van der Waals surface area contributed by atoms with Crippen LogP contribution in [0, 0.1) is 0 Å². The van der Waals surface area contributed by atoms with Gasteiger partial charge in [-0.15, -0.1) is 12.4 Å². The number of alkyl halides is 3. The Hall–Kier alpha value is -0.940. The average Bonchev–Trinajstić information content (AvgIpc) is 2.25. The highest BCUT2D eigenvalue weighted by atomic mass is 35.5. The maximum absolute atomic E-state index is 11.9. The summed E-state index contributed by atoms with van der Waals surface area (Å²) in [5.41, 5.74) is 2.20. The van der Waals surface area contributed by atoms with Gasteiger partial charge in [-0.2, -0.15) is 13.2 Å². The van der Waals surface area contributed by atoms with Crippen molar-refractivity contribution in [2.24, 2.45) is 0 Å². The van der Waals surface area contributed by atoms with Gasteiger partial charge in [0.25, 0.3) is 0 Å². The Balaban J connectivity index is 0.00000144. The third-order valence-electron chi connectivity index (χ3n) is 2.47. The van der Waals surface area contributed by atoms with Crippen LogP contribution in [0.4, 0.5) is 13.2 Å². The molecule has 0 atom stereocenters. The summed E-state index contributed by atoms with van der Waals surface area (Å²) >= 11 is 0. The molecule has 0 radical (unpaired) electrons. The SMILES string of the molecule is Cl.FC(F)(F)COc1ccc2c(c1)CCNC2. The lowest BCUT2D eigenvalue weighted by Crippen LogP contribution is -2.24. The van der Waals surface area contributed by atoms with E-state index in [4.69, 9.17) is 4.74 Å². The molecule has 0 saturated heterocycles. The van der Waals surface area contributed by atoms with Crippen LogP contribution in [0.2, 0.25) is 0 Å². The molecule has 17 heavy (non-hydrogen) atoms. The molecule has 2 nitrogen and oxygen atoms in total. The molecule has 0 fully saturated rings. The first kappa shape index (κ1) is 14.1. The number of benzene rings is 1. The molecule has 1 aliphatic rings. The number of nitrogens with one attached hydrogen (secondary N) is 1. The Kier molecular flexibility index (Phi) is 4.65. The van der Waals surface area contributed by atoms with Gasteiger partial charge in [0.1, 0.15) is 5.75 Å². The van der Waals surface area contributed by atoms with Gasteiger partial charge in [-0.05, 0) is 36.2 Å². The van der Waals surface area contributed by atoms with E-state index in [1.165, 1.54) is 0 Å². The van der Waals surface area contributed by atoms with Crippen molar-refractivity contribution in [2.45, 2.75) is 19.1 Å². The predicted molar refractivity (Wildman–Crippen MR) is 60.7 cm³/mol. The molecule has 96 valence electrons. The van der Waals surface area contributed by atoms with Gasteiger partial charge in [-0.3, -0.25) is 0 Å². The Labute approximate surface area is 104 Å². The van der Waals surface area contributed by atoms with Gasteiger partial charge in [0.2, 0.25) is 0 Å². The van der Waals surface area contributed by atoms with Crippen LogP contribution in [-0.2, 0) is 13.0 Å². The summed E-state index contributed by atoms with van der Waals surface area (Å²) in [6.07, 6.45) is -3.45. The van der Waals surface area contributed by atoms with Gasteiger partial charge in [-0.25, -0.2) is 0 Å². The third-order valence-corrected chi connectivity index (χ3v) is 2.47. The Morgan fingerprint density at radius 2 is 2.00 bits per heavy atom. The van der Waals surface area contributed by atoms with Crippen molar-refractivity contribution < 1.29 is 17.9 Å². The normalized spacial score (nSPS) is 14.8. The molecule has 0 unspecified atom stereocenters. The van der Waals surface area contributed by atoms with E-state index in [0.29, 0.717) is 0 Å². The van der Waals surface area contributed by atoms with Crippen LogP contribution in [-0.4, -0.2) is 19.3 Å². The summed E-state index contributed by atoms with van der Waals surface area (Å²) in [5.74, 6) is 0.290. The van der Waals surface area contributed by atoms with Crippen LogP contribution >= 0.6 is 12.4 Å². The monoisotopic (exact) mass is 267 g/mol. The molecule has 1 heterocycles.